The standard InChI is InChI=1S/C16H20O2/c1-11-4-6-12(7-5-11)15-8-13-9-17-10-14(13)16(2,3)18-15/h4-8,14-15H,9-10H2,1-3H3/t14-,15+/m1/s1. The summed E-state index contributed by atoms with van der Waals surface area (Å²) < 4.78 is 11.8. The van der Waals surface area contributed by atoms with Crippen LogP contribution in [0.25, 0.3) is 0 Å². The van der Waals surface area contributed by atoms with E-state index in [1.54, 1.807) is 0 Å². The Balaban J connectivity index is 1.94. The van der Waals surface area contributed by atoms with Gasteiger partial charge in [0, 0.05) is 5.92 Å². The minimum atomic E-state index is -0.143. The topological polar surface area (TPSA) is 18.5 Å². The molecule has 96 valence electrons. The molecule has 2 heterocycles. The Morgan fingerprint density at radius 2 is 1.89 bits per heavy atom. The van der Waals surface area contributed by atoms with Crippen molar-refractivity contribution in [2.45, 2.75) is 32.5 Å². The molecule has 18 heavy (non-hydrogen) atoms. The number of aryl methyl sites for hydroxylation is 1. The monoisotopic (exact) mass is 244 g/mol. The number of ether oxygens (including phenoxy) is 2. The van der Waals surface area contributed by atoms with Crippen molar-refractivity contribution < 1.29 is 9.47 Å². The van der Waals surface area contributed by atoms with Crippen LogP contribution in [0.4, 0.5) is 0 Å². The summed E-state index contributed by atoms with van der Waals surface area (Å²) in [5, 5.41) is 0. The summed E-state index contributed by atoms with van der Waals surface area (Å²) in [5.74, 6) is 0.416. The van der Waals surface area contributed by atoms with Gasteiger partial charge in [-0.1, -0.05) is 29.8 Å². The Morgan fingerprint density at radius 1 is 1.17 bits per heavy atom. The molecule has 1 aromatic rings. The third-order valence-electron chi connectivity index (χ3n) is 4.04. The third kappa shape index (κ3) is 2.00. The van der Waals surface area contributed by atoms with Gasteiger partial charge in [-0.15, -0.1) is 0 Å². The molecule has 0 N–H and O–H groups in total. The molecule has 0 radical (unpaired) electrons. The molecule has 0 unspecified atom stereocenters. The minimum Gasteiger partial charge on any atom is -0.376 e. The summed E-state index contributed by atoms with van der Waals surface area (Å²) in [6.45, 7) is 8.00. The largest absolute Gasteiger partial charge is 0.376 e. The van der Waals surface area contributed by atoms with Crippen molar-refractivity contribution in [3.63, 3.8) is 0 Å². The van der Waals surface area contributed by atoms with E-state index in [9.17, 15) is 0 Å². The van der Waals surface area contributed by atoms with Gasteiger partial charge in [-0.25, -0.2) is 0 Å². The first kappa shape index (κ1) is 11.9. The van der Waals surface area contributed by atoms with Crippen molar-refractivity contribution in [3.8, 4) is 0 Å². The fraction of sp³-hybridized carbons (Fsp3) is 0.500. The van der Waals surface area contributed by atoms with Crippen LogP contribution in [-0.2, 0) is 9.47 Å². The lowest BCUT2D eigenvalue weighted by Crippen LogP contribution is -2.39. The van der Waals surface area contributed by atoms with Crippen LogP contribution < -0.4 is 0 Å². The highest BCUT2D eigenvalue weighted by atomic mass is 16.5. The third-order valence-corrected chi connectivity index (χ3v) is 4.04. The molecule has 2 atom stereocenters. The van der Waals surface area contributed by atoms with Gasteiger partial charge in [0.25, 0.3) is 0 Å². The molecule has 1 aromatic carbocycles. The second-order valence-electron chi connectivity index (χ2n) is 5.86. The molecule has 0 saturated carbocycles. The van der Waals surface area contributed by atoms with Crippen LogP contribution in [0.5, 0.6) is 0 Å². The lowest BCUT2D eigenvalue weighted by atomic mass is 9.82. The summed E-state index contributed by atoms with van der Waals surface area (Å²) in [4.78, 5) is 0. The Hall–Kier alpha value is -1.12. The van der Waals surface area contributed by atoms with Gasteiger partial charge < -0.3 is 9.47 Å². The van der Waals surface area contributed by atoms with E-state index >= 15 is 0 Å². The average molecular weight is 244 g/mol. The van der Waals surface area contributed by atoms with Gasteiger partial charge in [0.1, 0.15) is 6.10 Å². The molecule has 2 heteroatoms. The van der Waals surface area contributed by atoms with Gasteiger partial charge in [-0.05, 0) is 38.0 Å². The van der Waals surface area contributed by atoms with E-state index in [-0.39, 0.29) is 11.7 Å². The van der Waals surface area contributed by atoms with Crippen molar-refractivity contribution in [1.29, 1.82) is 0 Å². The van der Waals surface area contributed by atoms with Gasteiger partial charge in [0.05, 0.1) is 18.8 Å². The fourth-order valence-electron chi connectivity index (χ4n) is 2.87. The van der Waals surface area contributed by atoms with Crippen LogP contribution in [0, 0.1) is 12.8 Å². The van der Waals surface area contributed by atoms with Crippen LogP contribution >= 0.6 is 0 Å². The fourth-order valence-corrected chi connectivity index (χ4v) is 2.87. The summed E-state index contributed by atoms with van der Waals surface area (Å²) in [5.41, 5.74) is 3.77. The molecule has 3 rings (SSSR count). The molecule has 1 fully saturated rings. The van der Waals surface area contributed by atoms with Gasteiger partial charge >= 0.3 is 0 Å². The second-order valence-corrected chi connectivity index (χ2v) is 5.86. The van der Waals surface area contributed by atoms with Crippen molar-refractivity contribution in [2.75, 3.05) is 13.2 Å². The maximum atomic E-state index is 6.26. The predicted octanol–water partition coefficient (Wildman–Crippen LogP) is 3.42. The van der Waals surface area contributed by atoms with Crippen LogP contribution in [0.1, 0.15) is 31.1 Å². The lowest BCUT2D eigenvalue weighted by molar-refractivity contribution is -0.0934. The summed E-state index contributed by atoms with van der Waals surface area (Å²) in [7, 11) is 0. The van der Waals surface area contributed by atoms with Gasteiger partial charge in [-0.2, -0.15) is 0 Å². The quantitative estimate of drug-likeness (QED) is 0.705. The van der Waals surface area contributed by atoms with E-state index in [0.717, 1.165) is 13.2 Å². The van der Waals surface area contributed by atoms with Gasteiger partial charge in [0.2, 0.25) is 0 Å². The van der Waals surface area contributed by atoms with Crippen molar-refractivity contribution in [2.24, 2.45) is 5.92 Å². The van der Waals surface area contributed by atoms with Crippen molar-refractivity contribution in [1.82, 2.24) is 0 Å². The molecular formula is C16H20O2. The number of fused-ring (bicyclic) bond motifs is 1. The first-order valence-electron chi connectivity index (χ1n) is 6.59. The number of rotatable bonds is 1. The summed E-state index contributed by atoms with van der Waals surface area (Å²) in [6, 6.07) is 8.59. The van der Waals surface area contributed by atoms with E-state index in [1.165, 1.54) is 16.7 Å². The van der Waals surface area contributed by atoms with E-state index in [4.69, 9.17) is 9.47 Å². The van der Waals surface area contributed by atoms with Crippen LogP contribution in [0.15, 0.2) is 35.9 Å². The minimum absolute atomic E-state index is 0.0635. The average Bonchev–Trinajstić information content (AvgIpc) is 2.78. The Labute approximate surface area is 109 Å². The molecule has 2 nitrogen and oxygen atoms in total. The van der Waals surface area contributed by atoms with Crippen LogP contribution in [0.3, 0.4) is 0 Å². The van der Waals surface area contributed by atoms with E-state index in [0.29, 0.717) is 5.92 Å². The molecule has 0 amide bonds. The zero-order chi connectivity index (χ0) is 12.8. The van der Waals surface area contributed by atoms with Gasteiger partial charge in [0.15, 0.2) is 0 Å². The van der Waals surface area contributed by atoms with Crippen LogP contribution in [0.2, 0.25) is 0 Å². The highest BCUT2D eigenvalue weighted by Gasteiger charge is 2.42. The zero-order valence-corrected chi connectivity index (χ0v) is 11.3. The smallest absolute Gasteiger partial charge is 0.102 e. The SMILES string of the molecule is Cc1ccc([C@@H]2C=C3COC[C@H]3C(C)(C)O2)cc1. The highest BCUT2D eigenvalue weighted by molar-refractivity contribution is 5.30. The first-order valence-corrected chi connectivity index (χ1v) is 6.59. The van der Waals surface area contributed by atoms with Crippen LogP contribution in [-0.4, -0.2) is 18.8 Å². The normalized spacial score (nSPS) is 29.8. The molecular weight excluding hydrogens is 224 g/mol. The number of benzene rings is 1. The number of hydrogen-bond acceptors (Lipinski definition) is 2. The van der Waals surface area contributed by atoms with Gasteiger partial charge in [-0.3, -0.25) is 0 Å². The van der Waals surface area contributed by atoms with E-state index in [1.807, 2.05) is 0 Å². The Kier molecular flexibility index (Phi) is 2.80. The van der Waals surface area contributed by atoms with Crippen molar-refractivity contribution in [3.05, 3.63) is 47.0 Å². The zero-order valence-electron chi connectivity index (χ0n) is 11.3. The molecule has 0 bridgehead atoms. The highest BCUT2D eigenvalue weighted by Crippen LogP contribution is 2.42. The Morgan fingerprint density at radius 3 is 2.61 bits per heavy atom. The Bertz CT molecular complexity index is 470. The maximum absolute atomic E-state index is 6.26. The molecule has 0 aliphatic carbocycles. The number of hydrogen-bond donors (Lipinski definition) is 0. The maximum Gasteiger partial charge on any atom is 0.102 e. The van der Waals surface area contributed by atoms with Crippen molar-refractivity contribution >= 4 is 0 Å². The summed E-state index contributed by atoms with van der Waals surface area (Å²) >= 11 is 0. The molecule has 2 aliphatic heterocycles. The summed E-state index contributed by atoms with van der Waals surface area (Å²) in [6.07, 6.45) is 2.31. The second kappa shape index (κ2) is 4.22. The molecule has 0 spiro atoms. The predicted molar refractivity (Wildman–Crippen MR) is 71.5 cm³/mol. The lowest BCUT2D eigenvalue weighted by Gasteiger charge is -2.39. The van der Waals surface area contributed by atoms with E-state index in [2.05, 4.69) is 51.1 Å². The molecule has 0 aromatic heterocycles. The molecule has 2 aliphatic rings. The molecule has 1 saturated heterocycles. The van der Waals surface area contributed by atoms with E-state index < -0.39 is 0 Å². The first-order chi connectivity index (χ1) is 8.56.